The molecule has 1 aliphatic rings. The van der Waals surface area contributed by atoms with Crippen LogP contribution in [0.1, 0.15) is 27.2 Å². The van der Waals surface area contributed by atoms with Gasteiger partial charge >= 0.3 is 0 Å². The van der Waals surface area contributed by atoms with Gasteiger partial charge in [-0.3, -0.25) is 0 Å². The smallest absolute Gasteiger partial charge is 0.0167 e. The van der Waals surface area contributed by atoms with E-state index in [1.165, 1.54) is 16.7 Å². The molecule has 0 bridgehead atoms. The maximum Gasteiger partial charge on any atom is 0.0167 e. The van der Waals surface area contributed by atoms with Gasteiger partial charge in [-0.05, 0) is 31.4 Å². The van der Waals surface area contributed by atoms with Gasteiger partial charge in [-0.1, -0.05) is 25.2 Å². The molecule has 0 saturated heterocycles. The Morgan fingerprint density at radius 2 is 2.00 bits per heavy atom. The van der Waals surface area contributed by atoms with E-state index >= 15 is 0 Å². The summed E-state index contributed by atoms with van der Waals surface area (Å²) < 4.78 is 0. The molecular weight excluding hydrogens is 132 g/mol. The van der Waals surface area contributed by atoms with Crippen molar-refractivity contribution in [2.75, 3.05) is 0 Å². The van der Waals surface area contributed by atoms with Crippen molar-refractivity contribution in [1.29, 1.82) is 0 Å². The molecule has 11 heavy (non-hydrogen) atoms. The second kappa shape index (κ2) is 2.37. The van der Waals surface area contributed by atoms with Gasteiger partial charge in [-0.15, -0.1) is 6.58 Å². The maximum absolute atomic E-state index is 4.06. The Morgan fingerprint density at radius 1 is 1.45 bits per heavy atom. The van der Waals surface area contributed by atoms with Crippen molar-refractivity contribution < 1.29 is 0 Å². The molecule has 1 atom stereocenters. The normalized spacial score (nSPS) is 30.3. The zero-order valence-corrected chi connectivity index (χ0v) is 7.70. The molecular formula is C11H16. The van der Waals surface area contributed by atoms with Gasteiger partial charge in [0.05, 0.1) is 0 Å². The molecule has 0 heteroatoms. The highest BCUT2D eigenvalue weighted by atomic mass is 14.4. The highest BCUT2D eigenvalue weighted by molar-refractivity contribution is 5.53. The molecule has 60 valence electrons. The average molecular weight is 148 g/mol. The van der Waals surface area contributed by atoms with Crippen LogP contribution in [0, 0.1) is 5.41 Å². The van der Waals surface area contributed by atoms with Gasteiger partial charge in [-0.2, -0.15) is 0 Å². The SMILES string of the molecule is C=CCC1(C)C(=C)C(C)=C1C. The number of hydrogen-bond acceptors (Lipinski definition) is 0. The average Bonchev–Trinajstić information content (AvgIpc) is 2.01. The topological polar surface area (TPSA) is 0 Å². The fraction of sp³-hybridized carbons (Fsp3) is 0.455. The van der Waals surface area contributed by atoms with Gasteiger partial charge in [0, 0.05) is 5.41 Å². The van der Waals surface area contributed by atoms with E-state index in [2.05, 4.69) is 33.9 Å². The number of hydrogen-bond donors (Lipinski definition) is 0. The summed E-state index contributed by atoms with van der Waals surface area (Å²) in [6, 6.07) is 0. The van der Waals surface area contributed by atoms with Gasteiger partial charge in [0.1, 0.15) is 0 Å². The molecule has 0 aromatic rings. The summed E-state index contributed by atoms with van der Waals surface area (Å²) in [5.41, 5.74) is 4.37. The Labute approximate surface area is 69.3 Å². The lowest BCUT2D eigenvalue weighted by Gasteiger charge is -2.43. The van der Waals surface area contributed by atoms with Gasteiger partial charge < -0.3 is 0 Å². The molecule has 1 aliphatic carbocycles. The molecule has 0 aliphatic heterocycles. The van der Waals surface area contributed by atoms with E-state index in [4.69, 9.17) is 0 Å². The van der Waals surface area contributed by atoms with Crippen LogP contribution in [-0.4, -0.2) is 0 Å². The van der Waals surface area contributed by atoms with Crippen molar-refractivity contribution in [3.63, 3.8) is 0 Å². The van der Waals surface area contributed by atoms with Crippen molar-refractivity contribution >= 4 is 0 Å². The molecule has 0 heterocycles. The van der Waals surface area contributed by atoms with E-state index in [0.717, 1.165) is 6.42 Å². The van der Waals surface area contributed by atoms with E-state index in [9.17, 15) is 0 Å². The van der Waals surface area contributed by atoms with Crippen molar-refractivity contribution in [2.24, 2.45) is 5.41 Å². The van der Waals surface area contributed by atoms with Crippen molar-refractivity contribution in [3.05, 3.63) is 36.0 Å². The van der Waals surface area contributed by atoms with Crippen LogP contribution in [0.4, 0.5) is 0 Å². The van der Waals surface area contributed by atoms with Crippen molar-refractivity contribution in [2.45, 2.75) is 27.2 Å². The Morgan fingerprint density at radius 3 is 2.36 bits per heavy atom. The zero-order valence-electron chi connectivity index (χ0n) is 7.70. The van der Waals surface area contributed by atoms with Crippen LogP contribution in [0.3, 0.4) is 0 Å². The summed E-state index contributed by atoms with van der Waals surface area (Å²) in [7, 11) is 0. The summed E-state index contributed by atoms with van der Waals surface area (Å²) in [6.45, 7) is 14.4. The van der Waals surface area contributed by atoms with E-state index < -0.39 is 0 Å². The minimum Gasteiger partial charge on any atom is -0.103 e. The van der Waals surface area contributed by atoms with E-state index in [1.807, 2.05) is 6.08 Å². The van der Waals surface area contributed by atoms with Crippen molar-refractivity contribution in [1.82, 2.24) is 0 Å². The Bertz CT molecular complexity index is 243. The predicted octanol–water partition coefficient (Wildman–Crippen LogP) is 3.48. The molecule has 0 radical (unpaired) electrons. The van der Waals surface area contributed by atoms with Crippen LogP contribution >= 0.6 is 0 Å². The van der Waals surface area contributed by atoms with Gasteiger partial charge in [0.2, 0.25) is 0 Å². The first-order valence-corrected chi connectivity index (χ1v) is 4.02. The molecule has 0 aromatic heterocycles. The zero-order chi connectivity index (χ0) is 8.65. The van der Waals surface area contributed by atoms with Crippen LogP contribution in [-0.2, 0) is 0 Å². The molecule has 0 nitrogen and oxygen atoms in total. The third kappa shape index (κ3) is 0.891. The van der Waals surface area contributed by atoms with Crippen LogP contribution in [0.2, 0.25) is 0 Å². The first kappa shape index (κ1) is 8.32. The van der Waals surface area contributed by atoms with Gasteiger partial charge in [0.25, 0.3) is 0 Å². The Kier molecular flexibility index (Phi) is 1.79. The fourth-order valence-electron chi connectivity index (χ4n) is 1.78. The molecule has 0 amide bonds. The lowest BCUT2D eigenvalue weighted by atomic mass is 9.61. The predicted molar refractivity (Wildman–Crippen MR) is 50.4 cm³/mol. The minimum absolute atomic E-state index is 0.228. The molecule has 1 rings (SSSR count). The second-order valence-electron chi connectivity index (χ2n) is 3.55. The third-order valence-corrected chi connectivity index (χ3v) is 3.06. The first-order chi connectivity index (χ1) is 5.04. The maximum atomic E-state index is 4.06. The van der Waals surface area contributed by atoms with Crippen LogP contribution < -0.4 is 0 Å². The van der Waals surface area contributed by atoms with E-state index in [0.29, 0.717) is 0 Å². The molecule has 0 fully saturated rings. The highest BCUT2D eigenvalue weighted by Crippen LogP contribution is 2.51. The van der Waals surface area contributed by atoms with Crippen molar-refractivity contribution in [3.8, 4) is 0 Å². The van der Waals surface area contributed by atoms with Gasteiger partial charge in [0.15, 0.2) is 0 Å². The largest absolute Gasteiger partial charge is 0.103 e. The lowest BCUT2D eigenvalue weighted by Crippen LogP contribution is -2.30. The monoisotopic (exact) mass is 148 g/mol. The minimum atomic E-state index is 0.228. The second-order valence-corrected chi connectivity index (χ2v) is 3.55. The quantitative estimate of drug-likeness (QED) is 0.526. The Hall–Kier alpha value is -0.780. The molecule has 0 aromatic carbocycles. The van der Waals surface area contributed by atoms with E-state index in [-0.39, 0.29) is 5.41 Å². The molecule has 0 N–H and O–H groups in total. The van der Waals surface area contributed by atoms with Gasteiger partial charge in [-0.25, -0.2) is 0 Å². The number of allylic oxidation sites excluding steroid dienone is 4. The van der Waals surface area contributed by atoms with Crippen LogP contribution in [0.5, 0.6) is 0 Å². The fourth-order valence-corrected chi connectivity index (χ4v) is 1.78. The molecule has 0 saturated carbocycles. The van der Waals surface area contributed by atoms with E-state index in [1.54, 1.807) is 0 Å². The summed E-state index contributed by atoms with van der Waals surface area (Å²) in [5.74, 6) is 0. The highest BCUT2D eigenvalue weighted by Gasteiger charge is 2.38. The molecule has 0 spiro atoms. The standard InChI is InChI=1S/C11H16/c1-6-7-11(5)9(3)8(2)10(11)4/h6H,1,3,7H2,2,4-5H3. The molecule has 1 unspecified atom stereocenters. The Balaban J connectivity index is 2.95. The first-order valence-electron chi connectivity index (χ1n) is 4.02. The van der Waals surface area contributed by atoms with Crippen LogP contribution in [0.15, 0.2) is 36.0 Å². The summed E-state index contributed by atoms with van der Waals surface area (Å²) in [5, 5.41) is 0. The number of rotatable bonds is 2. The summed E-state index contributed by atoms with van der Waals surface area (Å²) in [4.78, 5) is 0. The third-order valence-electron chi connectivity index (χ3n) is 3.06. The summed E-state index contributed by atoms with van der Waals surface area (Å²) in [6.07, 6.45) is 3.00. The van der Waals surface area contributed by atoms with Crippen LogP contribution in [0.25, 0.3) is 0 Å². The summed E-state index contributed by atoms with van der Waals surface area (Å²) >= 11 is 0. The lowest BCUT2D eigenvalue weighted by molar-refractivity contribution is 0.446.